The molecule has 0 aliphatic carbocycles. The quantitative estimate of drug-likeness (QED) is 0.462. The summed E-state index contributed by atoms with van der Waals surface area (Å²) in [6.45, 7) is -0.803. The molecule has 2 aromatic rings. The monoisotopic (exact) mass is 386 g/mol. The van der Waals surface area contributed by atoms with Crippen LogP contribution in [0.3, 0.4) is 0 Å². The van der Waals surface area contributed by atoms with Crippen molar-refractivity contribution in [2.24, 2.45) is 0 Å². The van der Waals surface area contributed by atoms with E-state index in [0.29, 0.717) is 0 Å². The largest absolute Gasteiger partial charge is 0.465 e. The topological polar surface area (TPSA) is 107 Å². The van der Waals surface area contributed by atoms with Crippen molar-refractivity contribution in [1.29, 1.82) is 0 Å². The number of para-hydroxylation sites is 1. The fraction of sp³-hybridized carbons (Fsp3) is 0.125. The second-order valence-electron chi connectivity index (χ2n) is 4.93. The Bertz CT molecular complexity index is 911. The minimum Gasteiger partial charge on any atom is -0.455 e. The molecule has 0 amide bonds. The molecule has 138 valence electrons. The second-order valence-corrected chi connectivity index (χ2v) is 6.39. The van der Waals surface area contributed by atoms with E-state index >= 15 is 0 Å². The summed E-state index contributed by atoms with van der Waals surface area (Å²) in [5.74, 6) is -3.25. The third-order valence-corrected chi connectivity index (χ3v) is 3.92. The molecule has 0 aliphatic rings. The molecular formula is C16H12F2O7S. The van der Waals surface area contributed by atoms with Crippen LogP contribution in [0, 0.1) is 0 Å². The summed E-state index contributed by atoms with van der Waals surface area (Å²) in [4.78, 5) is 23.3. The molecule has 0 unspecified atom stereocenters. The summed E-state index contributed by atoms with van der Waals surface area (Å²) in [6.07, 6.45) is 0. The molecule has 2 aromatic carbocycles. The molecule has 0 fully saturated rings. The molecule has 26 heavy (non-hydrogen) atoms. The highest BCUT2D eigenvalue weighted by Crippen LogP contribution is 2.25. The zero-order valence-electron chi connectivity index (χ0n) is 13.0. The van der Waals surface area contributed by atoms with E-state index < -0.39 is 33.9 Å². The average Bonchev–Trinajstić information content (AvgIpc) is 2.60. The minimum atomic E-state index is -5.96. The number of benzene rings is 2. The van der Waals surface area contributed by atoms with Gasteiger partial charge in [-0.25, -0.2) is 9.59 Å². The number of hydrogen-bond donors (Lipinski definition) is 1. The predicted octanol–water partition coefficient (Wildman–Crippen LogP) is 2.43. The normalized spacial score (nSPS) is 11.7. The van der Waals surface area contributed by atoms with Crippen molar-refractivity contribution in [2.75, 3.05) is 0 Å². The maximum atomic E-state index is 13.2. The van der Waals surface area contributed by atoms with E-state index in [1.165, 1.54) is 36.4 Å². The maximum absolute atomic E-state index is 13.2. The van der Waals surface area contributed by atoms with Gasteiger partial charge in [0.25, 0.3) is 0 Å². The molecule has 7 nitrogen and oxygen atoms in total. The molecule has 10 heteroatoms. The lowest BCUT2D eigenvalue weighted by Crippen LogP contribution is -2.38. The average molecular weight is 386 g/mol. The Morgan fingerprint density at radius 3 is 2.19 bits per heavy atom. The summed E-state index contributed by atoms with van der Waals surface area (Å²) in [7, 11) is -5.96. The van der Waals surface area contributed by atoms with Crippen molar-refractivity contribution in [1.82, 2.24) is 0 Å². The molecule has 1 N–H and O–H groups in total. The highest BCUT2D eigenvalue weighted by molar-refractivity contribution is 7.87. The van der Waals surface area contributed by atoms with Crippen LogP contribution in [0.25, 0.3) is 0 Å². The number of rotatable bonds is 6. The Morgan fingerprint density at radius 2 is 1.58 bits per heavy atom. The van der Waals surface area contributed by atoms with Gasteiger partial charge in [-0.1, -0.05) is 36.4 Å². The lowest BCUT2D eigenvalue weighted by atomic mass is 10.2. The lowest BCUT2D eigenvalue weighted by Gasteiger charge is -2.14. The first kappa shape index (κ1) is 19.5. The molecule has 0 heterocycles. The minimum absolute atomic E-state index is 0.0382. The van der Waals surface area contributed by atoms with Gasteiger partial charge in [-0.3, -0.25) is 4.55 Å². The van der Waals surface area contributed by atoms with E-state index in [1.807, 2.05) is 0 Å². The molecular weight excluding hydrogens is 374 g/mol. The summed E-state index contributed by atoms with van der Waals surface area (Å²) < 4.78 is 65.1. The summed E-state index contributed by atoms with van der Waals surface area (Å²) in [5, 5.41) is -5.11. The van der Waals surface area contributed by atoms with Crippen LogP contribution in [0.4, 0.5) is 8.78 Å². The second kappa shape index (κ2) is 7.58. The van der Waals surface area contributed by atoms with Gasteiger partial charge in [0.05, 0.1) is 5.56 Å². The smallest absolute Gasteiger partial charge is 0.455 e. The van der Waals surface area contributed by atoms with Crippen LogP contribution in [0.2, 0.25) is 0 Å². The number of esters is 2. The van der Waals surface area contributed by atoms with E-state index in [1.54, 1.807) is 18.2 Å². The number of carbonyl (C=O) groups is 2. The van der Waals surface area contributed by atoms with Gasteiger partial charge >= 0.3 is 27.3 Å². The van der Waals surface area contributed by atoms with Crippen molar-refractivity contribution >= 4 is 22.1 Å². The van der Waals surface area contributed by atoms with Gasteiger partial charge in [0.15, 0.2) is 0 Å². The third-order valence-electron chi connectivity index (χ3n) is 3.11. The molecule has 0 atom stereocenters. The van der Waals surface area contributed by atoms with Crippen LogP contribution in [0.1, 0.15) is 15.9 Å². The Morgan fingerprint density at radius 1 is 1.00 bits per heavy atom. The Kier molecular flexibility index (Phi) is 5.68. The molecule has 0 saturated heterocycles. The molecule has 0 radical (unpaired) electrons. The number of carbonyl (C=O) groups excluding carboxylic acids is 2. The van der Waals surface area contributed by atoms with E-state index in [4.69, 9.17) is 9.29 Å². The number of halogens is 2. The number of hydrogen-bond acceptors (Lipinski definition) is 6. The van der Waals surface area contributed by atoms with Crippen LogP contribution in [-0.4, -0.2) is 30.2 Å². The fourth-order valence-corrected chi connectivity index (χ4v) is 2.06. The van der Waals surface area contributed by atoms with Crippen LogP contribution < -0.4 is 4.74 Å². The maximum Gasteiger partial charge on any atom is 0.465 e. The van der Waals surface area contributed by atoms with Gasteiger partial charge in [-0.05, 0) is 18.2 Å². The highest BCUT2D eigenvalue weighted by atomic mass is 32.2. The van der Waals surface area contributed by atoms with Crippen molar-refractivity contribution in [3.63, 3.8) is 0 Å². The SMILES string of the molecule is O=C(Oc1ccccc1COC(=O)C(F)(F)S(=O)(=O)O)c1ccccc1. The lowest BCUT2D eigenvalue weighted by molar-refractivity contribution is -0.162. The summed E-state index contributed by atoms with van der Waals surface area (Å²) in [6, 6.07) is 13.5. The van der Waals surface area contributed by atoms with Crippen LogP contribution in [0.15, 0.2) is 54.6 Å². The van der Waals surface area contributed by atoms with Crippen molar-refractivity contribution in [3.8, 4) is 5.75 Å². The van der Waals surface area contributed by atoms with Crippen molar-refractivity contribution in [3.05, 3.63) is 65.7 Å². The van der Waals surface area contributed by atoms with Crippen LogP contribution in [0.5, 0.6) is 5.75 Å². The third kappa shape index (κ3) is 4.41. The Balaban J connectivity index is 2.12. The molecule has 0 bridgehead atoms. The van der Waals surface area contributed by atoms with Gasteiger partial charge in [0.2, 0.25) is 0 Å². The van der Waals surface area contributed by atoms with Crippen molar-refractivity contribution in [2.45, 2.75) is 11.9 Å². The fourth-order valence-electron chi connectivity index (χ4n) is 1.79. The zero-order chi connectivity index (χ0) is 19.4. The number of alkyl halides is 2. The zero-order valence-corrected chi connectivity index (χ0v) is 13.8. The standard InChI is InChI=1S/C16H12F2O7S/c17-16(18,26(21,22)23)15(20)24-10-12-8-4-5-9-13(12)25-14(19)11-6-2-1-3-7-11/h1-9H,10H2,(H,21,22,23). The first-order valence-electron chi connectivity index (χ1n) is 7.00. The van der Waals surface area contributed by atoms with Gasteiger partial charge in [-0.2, -0.15) is 17.2 Å². The van der Waals surface area contributed by atoms with Crippen LogP contribution in [-0.2, 0) is 26.3 Å². The Hall–Kier alpha value is -2.85. The van der Waals surface area contributed by atoms with E-state index in [-0.39, 0.29) is 16.9 Å². The first-order valence-corrected chi connectivity index (χ1v) is 8.44. The predicted molar refractivity (Wildman–Crippen MR) is 84.1 cm³/mol. The molecule has 0 aromatic heterocycles. The molecule has 2 rings (SSSR count). The molecule has 0 aliphatic heterocycles. The molecule has 0 saturated carbocycles. The first-order chi connectivity index (χ1) is 12.1. The van der Waals surface area contributed by atoms with Gasteiger partial charge in [0.1, 0.15) is 12.4 Å². The Labute approximate surface area is 146 Å². The van der Waals surface area contributed by atoms with Crippen LogP contribution >= 0.6 is 0 Å². The van der Waals surface area contributed by atoms with Gasteiger partial charge in [0, 0.05) is 5.56 Å². The highest BCUT2D eigenvalue weighted by Gasteiger charge is 2.54. The van der Waals surface area contributed by atoms with E-state index in [0.717, 1.165) is 0 Å². The van der Waals surface area contributed by atoms with E-state index in [9.17, 15) is 26.8 Å². The van der Waals surface area contributed by atoms with E-state index in [2.05, 4.69) is 4.74 Å². The van der Waals surface area contributed by atoms with Gasteiger partial charge in [-0.15, -0.1) is 0 Å². The summed E-state index contributed by atoms with van der Waals surface area (Å²) >= 11 is 0. The summed E-state index contributed by atoms with van der Waals surface area (Å²) in [5.41, 5.74) is 0.272. The van der Waals surface area contributed by atoms with Crippen molar-refractivity contribution < 1.29 is 40.8 Å². The number of ether oxygens (including phenoxy) is 2. The molecule has 0 spiro atoms. The van der Waals surface area contributed by atoms with Gasteiger partial charge < -0.3 is 9.47 Å².